The molecule has 0 saturated heterocycles. The lowest BCUT2D eigenvalue weighted by atomic mass is 10.0. The highest BCUT2D eigenvalue weighted by Crippen LogP contribution is 2.30. The molecule has 0 aromatic heterocycles. The zero-order valence-electron chi connectivity index (χ0n) is 16.3. The number of rotatable bonds is 4. The van der Waals surface area contributed by atoms with Gasteiger partial charge in [-0.05, 0) is 71.4 Å². The van der Waals surface area contributed by atoms with Crippen LogP contribution in [0.1, 0.15) is 20.7 Å². The van der Waals surface area contributed by atoms with Crippen LogP contribution < -0.4 is 10.6 Å². The maximum Gasteiger partial charge on any atom is 0.335 e. The Bertz CT molecular complexity index is 1320. The lowest BCUT2D eigenvalue weighted by Gasteiger charge is -2.11. The minimum atomic E-state index is -1.19. The molecular weight excluding hydrogens is 416 g/mol. The predicted octanol–water partition coefficient (Wildman–Crippen LogP) is 4.44. The van der Waals surface area contributed by atoms with Crippen LogP contribution in [-0.2, 0) is 0 Å². The largest absolute Gasteiger partial charge is 0.507 e. The first-order valence-corrected chi connectivity index (χ1v) is 9.29. The van der Waals surface area contributed by atoms with Gasteiger partial charge in [-0.2, -0.15) is 0 Å². The van der Waals surface area contributed by atoms with E-state index >= 15 is 0 Å². The van der Waals surface area contributed by atoms with Crippen molar-refractivity contribution in [3.63, 3.8) is 0 Å². The van der Waals surface area contributed by atoms with E-state index < -0.39 is 18.0 Å². The van der Waals surface area contributed by atoms with Gasteiger partial charge in [0.1, 0.15) is 11.5 Å². The summed E-state index contributed by atoms with van der Waals surface area (Å²) >= 11 is 0. The van der Waals surface area contributed by atoms with Gasteiger partial charge in [0, 0.05) is 22.1 Å². The van der Waals surface area contributed by atoms with Gasteiger partial charge in [-0.25, -0.2) is 14.4 Å². The van der Waals surface area contributed by atoms with Crippen LogP contribution in [0, 0.1) is 0 Å². The summed E-state index contributed by atoms with van der Waals surface area (Å²) in [5, 5.41) is 45.3. The lowest BCUT2D eigenvalue weighted by Crippen LogP contribution is -2.19. The van der Waals surface area contributed by atoms with Gasteiger partial charge >= 0.3 is 18.0 Å². The quantitative estimate of drug-likeness (QED) is 0.278. The molecule has 0 radical (unpaired) electrons. The average molecular weight is 432 g/mol. The minimum Gasteiger partial charge on any atom is -0.507 e. The molecule has 9 heteroatoms. The zero-order valence-corrected chi connectivity index (χ0v) is 16.3. The fourth-order valence-corrected chi connectivity index (χ4v) is 3.40. The summed E-state index contributed by atoms with van der Waals surface area (Å²) in [7, 11) is 0. The molecule has 9 nitrogen and oxygen atoms in total. The van der Waals surface area contributed by atoms with E-state index in [1.165, 1.54) is 24.3 Å². The van der Waals surface area contributed by atoms with Gasteiger partial charge in [-0.15, -0.1) is 0 Å². The fraction of sp³-hybridized carbons (Fsp3) is 0. The number of phenols is 2. The molecule has 0 unspecified atom stereocenters. The van der Waals surface area contributed by atoms with Crippen molar-refractivity contribution >= 4 is 50.9 Å². The lowest BCUT2D eigenvalue weighted by molar-refractivity contribution is 0.0686. The van der Waals surface area contributed by atoms with Crippen molar-refractivity contribution in [2.75, 3.05) is 10.6 Å². The molecule has 0 bridgehead atoms. The van der Waals surface area contributed by atoms with E-state index in [-0.39, 0.29) is 22.6 Å². The molecular formula is C23H16N2O7. The Morgan fingerprint density at radius 2 is 1.00 bits per heavy atom. The highest BCUT2D eigenvalue weighted by Gasteiger charge is 2.12. The van der Waals surface area contributed by atoms with Gasteiger partial charge in [0.25, 0.3) is 0 Å². The van der Waals surface area contributed by atoms with Crippen LogP contribution >= 0.6 is 0 Å². The first kappa shape index (κ1) is 20.5. The number of hydrogen-bond acceptors (Lipinski definition) is 5. The topological polar surface area (TPSA) is 156 Å². The van der Waals surface area contributed by atoms with E-state index in [0.29, 0.717) is 32.9 Å². The highest BCUT2D eigenvalue weighted by molar-refractivity contribution is 6.05. The Morgan fingerprint density at radius 1 is 0.594 bits per heavy atom. The number of anilines is 2. The first-order valence-electron chi connectivity index (χ1n) is 9.29. The van der Waals surface area contributed by atoms with Gasteiger partial charge in [-0.1, -0.05) is 0 Å². The van der Waals surface area contributed by atoms with Crippen molar-refractivity contribution in [3.8, 4) is 11.5 Å². The van der Waals surface area contributed by atoms with Gasteiger partial charge in [0.05, 0.1) is 11.1 Å². The summed E-state index contributed by atoms with van der Waals surface area (Å²) < 4.78 is 0. The molecule has 0 atom stereocenters. The molecule has 0 aliphatic carbocycles. The number of phenolic OH excluding ortho intramolecular Hbond substituents is 2. The SMILES string of the molecule is O=C(Nc1ccc2c(O)cc(C(=O)O)cc2c1)Nc1ccc2c(O)cc(C(=O)O)cc2c1. The molecule has 0 saturated carbocycles. The Balaban J connectivity index is 1.58. The number of carboxylic acids is 2. The number of hydrogen-bond donors (Lipinski definition) is 6. The van der Waals surface area contributed by atoms with E-state index in [0.717, 1.165) is 12.1 Å². The Morgan fingerprint density at radius 3 is 1.38 bits per heavy atom. The fourth-order valence-electron chi connectivity index (χ4n) is 3.40. The number of nitrogens with one attached hydrogen (secondary N) is 2. The third kappa shape index (κ3) is 3.94. The number of aromatic carboxylic acids is 2. The summed E-state index contributed by atoms with van der Waals surface area (Å²) in [5.41, 5.74) is 0.556. The molecule has 32 heavy (non-hydrogen) atoms. The summed E-state index contributed by atoms with van der Waals surface area (Å²) in [6.45, 7) is 0. The van der Waals surface area contributed by atoms with Crippen LogP contribution in [0.3, 0.4) is 0 Å². The number of benzene rings is 4. The number of amides is 2. The summed E-state index contributed by atoms with van der Waals surface area (Å²) in [6, 6.07) is 13.7. The van der Waals surface area contributed by atoms with Crippen LogP contribution in [0.2, 0.25) is 0 Å². The van der Waals surface area contributed by atoms with Crippen molar-refractivity contribution in [3.05, 3.63) is 71.8 Å². The van der Waals surface area contributed by atoms with Crippen molar-refractivity contribution in [2.45, 2.75) is 0 Å². The van der Waals surface area contributed by atoms with E-state index in [1.54, 1.807) is 24.3 Å². The van der Waals surface area contributed by atoms with Crippen molar-refractivity contribution < 1.29 is 34.8 Å². The molecule has 4 aromatic carbocycles. The first-order chi connectivity index (χ1) is 15.2. The summed E-state index contributed by atoms with van der Waals surface area (Å²) in [5.74, 6) is -2.74. The Labute approximate surface area is 180 Å². The van der Waals surface area contributed by atoms with Crippen molar-refractivity contribution in [1.82, 2.24) is 0 Å². The second kappa shape index (κ2) is 7.80. The van der Waals surface area contributed by atoms with E-state index in [4.69, 9.17) is 10.2 Å². The number of fused-ring (bicyclic) bond motifs is 2. The molecule has 4 rings (SSSR count). The summed E-state index contributed by atoms with van der Waals surface area (Å²) in [6.07, 6.45) is 0. The standard InChI is InChI=1S/C23H16N2O7/c26-19-9-13(21(28)29)5-11-7-15(1-3-17(11)19)24-23(32)25-16-2-4-18-12(8-16)6-14(22(30)31)10-20(18)27/h1-10,26-27H,(H,28,29)(H,30,31)(H2,24,25,32). The smallest absolute Gasteiger partial charge is 0.335 e. The second-order valence-corrected chi connectivity index (χ2v) is 7.05. The normalized spacial score (nSPS) is 10.8. The average Bonchev–Trinajstić information content (AvgIpc) is 2.72. The maximum absolute atomic E-state index is 12.4. The molecule has 0 spiro atoms. The van der Waals surface area contributed by atoms with Gasteiger partial charge < -0.3 is 31.1 Å². The van der Waals surface area contributed by atoms with Crippen LogP contribution in [0.4, 0.5) is 16.2 Å². The van der Waals surface area contributed by atoms with Gasteiger partial charge in [-0.3, -0.25) is 0 Å². The van der Waals surface area contributed by atoms with Gasteiger partial charge in [0.15, 0.2) is 0 Å². The molecule has 0 aliphatic rings. The number of aromatic hydroxyl groups is 2. The molecule has 2 amide bonds. The highest BCUT2D eigenvalue weighted by atomic mass is 16.4. The summed E-state index contributed by atoms with van der Waals surface area (Å²) in [4.78, 5) is 34.8. The molecule has 4 aromatic rings. The third-order valence-corrected chi connectivity index (χ3v) is 4.87. The van der Waals surface area contributed by atoms with Crippen LogP contribution in [0.15, 0.2) is 60.7 Å². The Hall–Kier alpha value is -4.79. The van der Waals surface area contributed by atoms with E-state index in [1.807, 2.05) is 0 Å². The number of carbonyl (C=O) groups is 3. The molecule has 0 fully saturated rings. The third-order valence-electron chi connectivity index (χ3n) is 4.87. The van der Waals surface area contributed by atoms with Crippen LogP contribution in [0.5, 0.6) is 11.5 Å². The van der Waals surface area contributed by atoms with E-state index in [2.05, 4.69) is 10.6 Å². The predicted molar refractivity (Wildman–Crippen MR) is 118 cm³/mol. The minimum absolute atomic E-state index is 0.0863. The monoisotopic (exact) mass is 432 g/mol. The maximum atomic E-state index is 12.4. The molecule has 0 aliphatic heterocycles. The van der Waals surface area contributed by atoms with Crippen molar-refractivity contribution in [2.24, 2.45) is 0 Å². The number of urea groups is 1. The van der Waals surface area contributed by atoms with E-state index in [9.17, 15) is 24.6 Å². The molecule has 6 N–H and O–H groups in total. The second-order valence-electron chi connectivity index (χ2n) is 7.05. The molecule has 160 valence electrons. The molecule has 0 heterocycles. The van der Waals surface area contributed by atoms with Crippen molar-refractivity contribution in [1.29, 1.82) is 0 Å². The zero-order chi connectivity index (χ0) is 23.0. The van der Waals surface area contributed by atoms with Crippen LogP contribution in [0.25, 0.3) is 21.5 Å². The number of carboxylic acid groups (broad SMARTS) is 2. The Kier molecular flexibility index (Phi) is 4.99. The van der Waals surface area contributed by atoms with Crippen LogP contribution in [-0.4, -0.2) is 38.4 Å². The number of carbonyl (C=O) groups excluding carboxylic acids is 1. The van der Waals surface area contributed by atoms with Gasteiger partial charge in [0.2, 0.25) is 0 Å².